The first-order chi connectivity index (χ1) is 14.1. The van der Waals surface area contributed by atoms with Crippen molar-refractivity contribution in [2.45, 2.75) is 19.8 Å². The van der Waals surface area contributed by atoms with Crippen molar-refractivity contribution in [3.8, 4) is 28.6 Å². The minimum atomic E-state index is -0.773. The van der Waals surface area contributed by atoms with Gasteiger partial charge in [0, 0.05) is 5.56 Å². The lowest BCUT2D eigenvalue weighted by atomic mass is 10.0. The second-order valence-corrected chi connectivity index (χ2v) is 6.55. The van der Waals surface area contributed by atoms with Gasteiger partial charge in [-0.15, -0.1) is 0 Å². The molecule has 0 aliphatic carbocycles. The summed E-state index contributed by atoms with van der Waals surface area (Å²) in [4.78, 5) is 25.6. The zero-order chi connectivity index (χ0) is 20.4. The molecule has 0 spiro atoms. The van der Waals surface area contributed by atoms with Crippen molar-refractivity contribution in [3.63, 3.8) is 0 Å². The molecule has 0 bridgehead atoms. The topological polar surface area (TPSA) is 84.2 Å². The van der Waals surface area contributed by atoms with Gasteiger partial charge >= 0.3 is 5.97 Å². The second kappa shape index (κ2) is 7.87. The molecule has 1 aromatic heterocycles. The molecule has 1 aliphatic rings. The number of hydrogen-bond acceptors (Lipinski definition) is 7. The van der Waals surface area contributed by atoms with Crippen LogP contribution < -0.4 is 19.6 Å². The summed E-state index contributed by atoms with van der Waals surface area (Å²) in [5.41, 5.74) is 0.200. The molecule has 0 radical (unpaired) electrons. The molecule has 0 fully saturated rings. The molecule has 2 aromatic carbocycles. The Bertz CT molecular complexity index is 1130. The summed E-state index contributed by atoms with van der Waals surface area (Å²) in [6.45, 7) is 2.73. The van der Waals surface area contributed by atoms with Gasteiger partial charge in [-0.25, -0.2) is 4.79 Å². The molecule has 0 N–H and O–H groups in total. The average molecular weight is 396 g/mol. The maximum absolute atomic E-state index is 13.2. The maximum Gasteiger partial charge on any atom is 0.345 e. The van der Waals surface area contributed by atoms with Crippen molar-refractivity contribution in [3.05, 3.63) is 52.2 Å². The summed E-state index contributed by atoms with van der Waals surface area (Å²) >= 11 is 0. The Hall–Kier alpha value is -3.48. The van der Waals surface area contributed by atoms with Crippen LogP contribution in [0.5, 0.6) is 17.2 Å². The number of rotatable bonds is 6. The first kappa shape index (κ1) is 18.9. The van der Waals surface area contributed by atoms with Crippen LogP contribution in [-0.2, 0) is 4.74 Å². The van der Waals surface area contributed by atoms with Gasteiger partial charge in [0.25, 0.3) is 0 Å². The third-order valence-electron chi connectivity index (χ3n) is 4.65. The smallest absolute Gasteiger partial charge is 0.345 e. The zero-order valence-electron chi connectivity index (χ0n) is 16.2. The minimum Gasteiger partial charge on any atom is -0.494 e. The van der Waals surface area contributed by atoms with Gasteiger partial charge in [-0.1, -0.05) is 13.3 Å². The van der Waals surface area contributed by atoms with Crippen LogP contribution in [0, 0.1) is 0 Å². The summed E-state index contributed by atoms with van der Waals surface area (Å²) in [7, 11) is 1.22. The van der Waals surface area contributed by atoms with Gasteiger partial charge in [0.1, 0.15) is 11.3 Å². The van der Waals surface area contributed by atoms with E-state index in [9.17, 15) is 9.59 Å². The number of fused-ring (bicyclic) bond motifs is 2. The number of carbonyl (C=O) groups is 1. The van der Waals surface area contributed by atoms with Crippen LogP contribution in [0.3, 0.4) is 0 Å². The van der Waals surface area contributed by atoms with Gasteiger partial charge in [0.15, 0.2) is 22.8 Å². The molecule has 2 heterocycles. The number of ether oxygens (including phenoxy) is 4. The highest BCUT2D eigenvalue weighted by molar-refractivity contribution is 5.99. The summed E-state index contributed by atoms with van der Waals surface area (Å²) in [6.07, 6.45) is 1.91. The van der Waals surface area contributed by atoms with Crippen molar-refractivity contribution >= 4 is 16.9 Å². The fourth-order valence-corrected chi connectivity index (χ4v) is 3.13. The van der Waals surface area contributed by atoms with E-state index in [1.165, 1.54) is 7.11 Å². The van der Waals surface area contributed by atoms with Gasteiger partial charge in [0.05, 0.1) is 19.1 Å². The molecule has 150 valence electrons. The van der Waals surface area contributed by atoms with Gasteiger partial charge in [-0.3, -0.25) is 4.79 Å². The third-order valence-corrected chi connectivity index (χ3v) is 4.65. The normalized spacial score (nSPS) is 12.2. The molecule has 0 atom stereocenters. The monoisotopic (exact) mass is 396 g/mol. The maximum atomic E-state index is 13.2. The molecule has 0 amide bonds. The second-order valence-electron chi connectivity index (χ2n) is 6.55. The SMILES string of the molecule is CCCCOc1ccc2oc(-c3ccc4c(c3)OCO4)c(C(=O)OC)c(=O)c2c1. The number of hydrogen-bond donors (Lipinski definition) is 0. The Labute approximate surface area is 166 Å². The summed E-state index contributed by atoms with van der Waals surface area (Å²) in [5, 5.41) is 0.254. The number of methoxy groups -OCH3 is 1. The largest absolute Gasteiger partial charge is 0.494 e. The van der Waals surface area contributed by atoms with Crippen LogP contribution in [-0.4, -0.2) is 26.5 Å². The van der Waals surface area contributed by atoms with Crippen molar-refractivity contribution in [1.82, 2.24) is 0 Å². The van der Waals surface area contributed by atoms with Gasteiger partial charge in [-0.05, 0) is 42.8 Å². The molecular weight excluding hydrogens is 376 g/mol. The minimum absolute atomic E-state index is 0.116. The molecule has 1 aliphatic heterocycles. The quantitative estimate of drug-likeness (QED) is 0.457. The average Bonchev–Trinajstić information content (AvgIpc) is 3.21. The Morgan fingerprint density at radius 2 is 1.93 bits per heavy atom. The molecule has 0 saturated heterocycles. The molecule has 0 saturated carbocycles. The standard InChI is InChI=1S/C22H20O7/c1-3-4-9-26-14-6-8-16-15(11-14)20(23)19(22(24)25-2)21(29-16)13-5-7-17-18(10-13)28-12-27-17/h5-8,10-11H,3-4,9,12H2,1-2H3. The lowest BCUT2D eigenvalue weighted by molar-refractivity contribution is 0.0598. The van der Waals surface area contributed by atoms with Crippen LogP contribution in [0.2, 0.25) is 0 Å². The van der Waals surface area contributed by atoms with Crippen molar-refractivity contribution in [2.75, 3.05) is 20.5 Å². The van der Waals surface area contributed by atoms with E-state index in [4.69, 9.17) is 23.4 Å². The summed E-state index contributed by atoms with van der Waals surface area (Å²) in [6, 6.07) is 10.1. The van der Waals surface area contributed by atoms with E-state index >= 15 is 0 Å². The van der Waals surface area contributed by atoms with Crippen LogP contribution in [0.1, 0.15) is 30.1 Å². The first-order valence-corrected chi connectivity index (χ1v) is 9.34. The van der Waals surface area contributed by atoms with E-state index < -0.39 is 11.4 Å². The molecule has 7 nitrogen and oxygen atoms in total. The third kappa shape index (κ3) is 3.51. The lowest BCUT2D eigenvalue weighted by Crippen LogP contribution is -2.18. The predicted molar refractivity (Wildman–Crippen MR) is 106 cm³/mol. The van der Waals surface area contributed by atoms with Crippen LogP contribution in [0.25, 0.3) is 22.3 Å². The van der Waals surface area contributed by atoms with Crippen LogP contribution in [0.4, 0.5) is 0 Å². The fraction of sp³-hybridized carbons (Fsp3) is 0.273. The molecule has 7 heteroatoms. The summed E-state index contributed by atoms with van der Waals surface area (Å²) in [5.74, 6) is 0.994. The lowest BCUT2D eigenvalue weighted by Gasteiger charge is -2.11. The number of benzene rings is 2. The van der Waals surface area contributed by atoms with Crippen LogP contribution in [0.15, 0.2) is 45.6 Å². The fourth-order valence-electron chi connectivity index (χ4n) is 3.13. The van der Waals surface area contributed by atoms with Crippen molar-refractivity contribution < 1.29 is 28.2 Å². The Morgan fingerprint density at radius 1 is 1.10 bits per heavy atom. The van der Waals surface area contributed by atoms with E-state index in [1.807, 2.05) is 0 Å². The zero-order valence-corrected chi connectivity index (χ0v) is 16.2. The Morgan fingerprint density at radius 3 is 2.72 bits per heavy atom. The molecule has 3 aromatic rings. The molecule has 4 rings (SSSR count). The predicted octanol–water partition coefficient (Wildman–Crippen LogP) is 4.15. The first-order valence-electron chi connectivity index (χ1n) is 9.34. The van der Waals surface area contributed by atoms with E-state index in [-0.39, 0.29) is 23.5 Å². The highest BCUT2D eigenvalue weighted by Crippen LogP contribution is 2.37. The van der Waals surface area contributed by atoms with E-state index in [0.29, 0.717) is 35.0 Å². The van der Waals surface area contributed by atoms with Crippen molar-refractivity contribution in [1.29, 1.82) is 0 Å². The Kier molecular flexibility index (Phi) is 5.12. The van der Waals surface area contributed by atoms with E-state index in [2.05, 4.69) is 6.92 Å². The van der Waals surface area contributed by atoms with Gasteiger partial charge < -0.3 is 23.4 Å². The van der Waals surface area contributed by atoms with Crippen LogP contribution >= 0.6 is 0 Å². The van der Waals surface area contributed by atoms with E-state index in [1.54, 1.807) is 36.4 Å². The van der Waals surface area contributed by atoms with Crippen molar-refractivity contribution in [2.24, 2.45) is 0 Å². The number of unbranched alkanes of at least 4 members (excludes halogenated alkanes) is 1. The highest BCUT2D eigenvalue weighted by atomic mass is 16.7. The molecule has 29 heavy (non-hydrogen) atoms. The molecule has 0 unspecified atom stereocenters. The van der Waals surface area contributed by atoms with Gasteiger partial charge in [-0.2, -0.15) is 0 Å². The Balaban J connectivity index is 1.86. The number of esters is 1. The van der Waals surface area contributed by atoms with Gasteiger partial charge in [0.2, 0.25) is 12.2 Å². The highest BCUT2D eigenvalue weighted by Gasteiger charge is 2.25. The number of carbonyl (C=O) groups excluding carboxylic acids is 1. The molecular formula is C22H20O7. The van der Waals surface area contributed by atoms with E-state index in [0.717, 1.165) is 12.8 Å². The summed E-state index contributed by atoms with van der Waals surface area (Å²) < 4.78 is 27.2.